The lowest BCUT2D eigenvalue weighted by molar-refractivity contribution is -0.172. The summed E-state index contributed by atoms with van der Waals surface area (Å²) in [6, 6.07) is 7.75. The predicted octanol–water partition coefficient (Wildman–Crippen LogP) is 2.33. The highest BCUT2D eigenvalue weighted by Crippen LogP contribution is 2.36. The second kappa shape index (κ2) is 6.02. The number of nitrogens with zero attached hydrogens (tertiary/aromatic N) is 1. The lowest BCUT2D eigenvalue weighted by atomic mass is 9.84. The molecule has 4 nitrogen and oxygen atoms in total. The van der Waals surface area contributed by atoms with E-state index in [0.717, 1.165) is 44.3 Å². The molecule has 0 aliphatic carbocycles. The Morgan fingerprint density at radius 3 is 2.30 bits per heavy atom. The number of benzene rings is 1. The lowest BCUT2D eigenvalue weighted by Crippen LogP contribution is -2.52. The molecule has 0 amide bonds. The molecular weight excluding hydrogens is 254 g/mol. The van der Waals surface area contributed by atoms with E-state index in [4.69, 9.17) is 14.2 Å². The van der Waals surface area contributed by atoms with E-state index in [9.17, 15) is 0 Å². The van der Waals surface area contributed by atoms with Crippen molar-refractivity contribution in [3.63, 3.8) is 0 Å². The number of methoxy groups -OCH3 is 1. The first kappa shape index (κ1) is 13.7. The van der Waals surface area contributed by atoms with E-state index in [-0.39, 0.29) is 5.60 Å². The average molecular weight is 277 g/mol. The molecule has 0 atom stereocenters. The van der Waals surface area contributed by atoms with E-state index in [1.54, 1.807) is 7.11 Å². The van der Waals surface area contributed by atoms with Crippen LogP contribution in [0.15, 0.2) is 24.3 Å². The van der Waals surface area contributed by atoms with Crippen molar-refractivity contribution in [2.24, 2.45) is 0 Å². The molecule has 0 bridgehead atoms. The van der Waals surface area contributed by atoms with Crippen molar-refractivity contribution in [1.82, 2.24) is 4.90 Å². The molecule has 0 radical (unpaired) electrons. The minimum Gasteiger partial charge on any atom is -0.497 e. The zero-order chi connectivity index (χ0) is 13.8. The smallest absolute Gasteiger partial charge is 0.119 e. The van der Waals surface area contributed by atoms with Gasteiger partial charge in [-0.25, -0.2) is 0 Å². The van der Waals surface area contributed by atoms with Gasteiger partial charge in [-0.3, -0.25) is 4.90 Å². The van der Waals surface area contributed by atoms with Crippen molar-refractivity contribution in [2.45, 2.75) is 24.9 Å². The van der Waals surface area contributed by atoms with Gasteiger partial charge in [-0.1, -0.05) is 0 Å². The zero-order valence-corrected chi connectivity index (χ0v) is 12.1. The maximum Gasteiger partial charge on any atom is 0.119 e. The Morgan fingerprint density at radius 1 is 1.10 bits per heavy atom. The molecule has 4 heteroatoms. The molecule has 2 fully saturated rings. The van der Waals surface area contributed by atoms with Gasteiger partial charge in [0.05, 0.1) is 19.3 Å². The number of piperidine rings is 1. The van der Waals surface area contributed by atoms with Gasteiger partial charge in [-0.05, 0) is 43.5 Å². The second-order valence-corrected chi connectivity index (χ2v) is 5.65. The summed E-state index contributed by atoms with van der Waals surface area (Å²) >= 11 is 0. The van der Waals surface area contributed by atoms with Crippen molar-refractivity contribution in [3.05, 3.63) is 24.3 Å². The minimum absolute atomic E-state index is 0.243. The predicted molar refractivity (Wildman–Crippen MR) is 77.5 cm³/mol. The summed E-state index contributed by atoms with van der Waals surface area (Å²) in [4.78, 5) is 2.47. The summed E-state index contributed by atoms with van der Waals surface area (Å²) in [5.74, 6) is 1.76. The molecule has 2 aliphatic rings. The summed E-state index contributed by atoms with van der Waals surface area (Å²) < 4.78 is 16.6. The number of ether oxygens (including phenoxy) is 3. The van der Waals surface area contributed by atoms with Gasteiger partial charge >= 0.3 is 0 Å². The Bertz CT molecular complexity index is 418. The Labute approximate surface area is 120 Å². The number of likely N-dealkylation sites (tertiary alicyclic amines) is 1. The van der Waals surface area contributed by atoms with Crippen LogP contribution in [0.4, 0.5) is 0 Å². The van der Waals surface area contributed by atoms with Crippen LogP contribution >= 0.6 is 0 Å². The highest BCUT2D eigenvalue weighted by atomic mass is 16.5. The minimum atomic E-state index is 0.243. The molecular formula is C16H23NO3. The molecule has 2 aliphatic heterocycles. The van der Waals surface area contributed by atoms with Gasteiger partial charge in [0, 0.05) is 19.6 Å². The third-order valence-corrected chi connectivity index (χ3v) is 4.47. The van der Waals surface area contributed by atoms with Crippen LogP contribution < -0.4 is 9.47 Å². The highest BCUT2D eigenvalue weighted by Gasteiger charge is 2.40. The van der Waals surface area contributed by atoms with Crippen LogP contribution in [-0.2, 0) is 4.74 Å². The van der Waals surface area contributed by atoms with Crippen molar-refractivity contribution in [3.8, 4) is 11.5 Å². The van der Waals surface area contributed by atoms with E-state index >= 15 is 0 Å². The van der Waals surface area contributed by atoms with Gasteiger partial charge in [-0.15, -0.1) is 0 Å². The SMILES string of the molecule is COc1ccc(OCCN2CCC3(CCO3)CC2)cc1. The van der Waals surface area contributed by atoms with Gasteiger partial charge in [0.2, 0.25) is 0 Å². The Kier molecular flexibility index (Phi) is 4.13. The van der Waals surface area contributed by atoms with E-state index in [0.29, 0.717) is 0 Å². The van der Waals surface area contributed by atoms with E-state index in [1.807, 2.05) is 24.3 Å². The van der Waals surface area contributed by atoms with Crippen LogP contribution in [0.5, 0.6) is 11.5 Å². The first-order valence-corrected chi connectivity index (χ1v) is 7.43. The molecule has 2 saturated heterocycles. The highest BCUT2D eigenvalue weighted by molar-refractivity contribution is 5.31. The largest absolute Gasteiger partial charge is 0.497 e. The third-order valence-electron chi connectivity index (χ3n) is 4.47. The van der Waals surface area contributed by atoms with Crippen molar-refractivity contribution in [2.75, 3.05) is 40.0 Å². The van der Waals surface area contributed by atoms with Crippen molar-refractivity contribution >= 4 is 0 Å². The van der Waals surface area contributed by atoms with E-state index < -0.39 is 0 Å². The molecule has 0 N–H and O–H groups in total. The van der Waals surface area contributed by atoms with E-state index in [2.05, 4.69) is 4.90 Å². The first-order chi connectivity index (χ1) is 9.80. The van der Waals surface area contributed by atoms with Crippen LogP contribution in [0.2, 0.25) is 0 Å². The summed E-state index contributed by atoms with van der Waals surface area (Å²) in [7, 11) is 1.67. The number of hydrogen-bond acceptors (Lipinski definition) is 4. The fourth-order valence-electron chi connectivity index (χ4n) is 2.93. The van der Waals surface area contributed by atoms with Crippen LogP contribution in [0.3, 0.4) is 0 Å². The maximum absolute atomic E-state index is 5.77. The first-order valence-electron chi connectivity index (χ1n) is 7.43. The maximum atomic E-state index is 5.77. The molecule has 110 valence electrons. The molecule has 0 aromatic heterocycles. The van der Waals surface area contributed by atoms with E-state index in [1.165, 1.54) is 19.3 Å². The van der Waals surface area contributed by atoms with Crippen molar-refractivity contribution in [1.29, 1.82) is 0 Å². The Hall–Kier alpha value is -1.26. The zero-order valence-electron chi connectivity index (χ0n) is 12.1. The Morgan fingerprint density at radius 2 is 1.75 bits per heavy atom. The van der Waals surface area contributed by atoms with Crippen molar-refractivity contribution < 1.29 is 14.2 Å². The molecule has 0 unspecified atom stereocenters. The van der Waals surface area contributed by atoms with Crippen LogP contribution in [-0.4, -0.2) is 50.5 Å². The molecule has 1 aromatic carbocycles. The topological polar surface area (TPSA) is 30.9 Å². The summed E-state index contributed by atoms with van der Waals surface area (Å²) in [6.07, 6.45) is 3.61. The number of rotatable bonds is 5. The van der Waals surface area contributed by atoms with Crippen LogP contribution in [0, 0.1) is 0 Å². The average Bonchev–Trinajstić information content (AvgIpc) is 2.47. The molecule has 2 heterocycles. The summed E-state index contributed by atoms with van der Waals surface area (Å²) in [5.41, 5.74) is 0.243. The molecule has 3 rings (SSSR count). The second-order valence-electron chi connectivity index (χ2n) is 5.65. The standard InChI is InChI=1S/C16H23NO3/c1-18-14-2-4-15(5-3-14)19-13-11-17-9-6-16(7-10-17)8-12-20-16/h2-5H,6-13H2,1H3. The fourth-order valence-corrected chi connectivity index (χ4v) is 2.93. The normalized spacial score (nSPS) is 21.4. The third kappa shape index (κ3) is 3.07. The lowest BCUT2D eigenvalue weighted by Gasteiger charge is -2.47. The Balaban J connectivity index is 1.37. The molecule has 1 aromatic rings. The van der Waals surface area contributed by atoms with Gasteiger partial charge in [-0.2, -0.15) is 0 Å². The molecule has 1 spiro atoms. The van der Waals surface area contributed by atoms with Crippen LogP contribution in [0.25, 0.3) is 0 Å². The number of hydrogen-bond donors (Lipinski definition) is 0. The molecule has 0 saturated carbocycles. The molecule has 20 heavy (non-hydrogen) atoms. The van der Waals surface area contributed by atoms with Crippen LogP contribution in [0.1, 0.15) is 19.3 Å². The monoisotopic (exact) mass is 277 g/mol. The quantitative estimate of drug-likeness (QED) is 0.826. The summed E-state index contributed by atoms with van der Waals surface area (Å²) in [6.45, 7) is 4.95. The fraction of sp³-hybridized carbons (Fsp3) is 0.625. The van der Waals surface area contributed by atoms with Gasteiger partial charge < -0.3 is 14.2 Å². The van der Waals surface area contributed by atoms with Gasteiger partial charge in [0.15, 0.2) is 0 Å². The summed E-state index contributed by atoms with van der Waals surface area (Å²) in [5, 5.41) is 0. The van der Waals surface area contributed by atoms with Gasteiger partial charge in [0.25, 0.3) is 0 Å². The van der Waals surface area contributed by atoms with Gasteiger partial charge in [0.1, 0.15) is 18.1 Å².